The molecule has 1 saturated heterocycles. The van der Waals surface area contributed by atoms with Crippen molar-refractivity contribution < 1.29 is 0 Å². The molecular weight excluding hydrogens is 314 g/mol. The summed E-state index contributed by atoms with van der Waals surface area (Å²) in [5.74, 6) is 0. The van der Waals surface area contributed by atoms with E-state index in [9.17, 15) is 0 Å². The molecule has 1 N–H and O–H groups in total. The van der Waals surface area contributed by atoms with Crippen molar-refractivity contribution in [3.8, 4) is 0 Å². The van der Waals surface area contributed by atoms with E-state index >= 15 is 0 Å². The smallest absolute Gasteiger partial charge is 0.0343 e. The lowest BCUT2D eigenvalue weighted by atomic mass is 10.0. The average molecular weight is 340 g/mol. The topological polar surface area (TPSA) is 18.5 Å². The maximum absolute atomic E-state index is 3.51. The van der Waals surface area contributed by atoms with E-state index in [2.05, 4.69) is 69.3 Å². The molecule has 2 rings (SSSR count). The average Bonchev–Trinajstić information content (AvgIpc) is 2.49. The van der Waals surface area contributed by atoms with Crippen molar-refractivity contribution >= 4 is 15.9 Å². The van der Waals surface area contributed by atoms with E-state index in [0.29, 0.717) is 6.04 Å². The predicted octanol–water partition coefficient (Wildman–Crippen LogP) is 2.74. The van der Waals surface area contributed by atoms with E-state index < -0.39 is 0 Å². The van der Waals surface area contributed by atoms with Crippen molar-refractivity contribution in [1.82, 2.24) is 15.1 Å². The fourth-order valence-corrected chi connectivity index (χ4v) is 3.14. The van der Waals surface area contributed by atoms with E-state index in [4.69, 9.17) is 0 Å². The van der Waals surface area contributed by atoms with Crippen LogP contribution in [0, 0.1) is 0 Å². The summed E-state index contributed by atoms with van der Waals surface area (Å²) in [6, 6.07) is 9.27. The van der Waals surface area contributed by atoms with Crippen molar-refractivity contribution in [2.24, 2.45) is 0 Å². The van der Waals surface area contributed by atoms with Crippen molar-refractivity contribution in [2.45, 2.75) is 19.4 Å². The third-order valence-electron chi connectivity index (χ3n) is 4.15. The lowest BCUT2D eigenvalue weighted by Crippen LogP contribution is -2.46. The molecule has 0 spiro atoms. The Morgan fingerprint density at radius 1 is 1.25 bits per heavy atom. The molecule has 4 heteroatoms. The summed E-state index contributed by atoms with van der Waals surface area (Å²) in [6.45, 7) is 9.21. The fourth-order valence-electron chi connectivity index (χ4n) is 2.88. The predicted molar refractivity (Wildman–Crippen MR) is 89.1 cm³/mol. The number of benzene rings is 1. The summed E-state index contributed by atoms with van der Waals surface area (Å²) < 4.78 is 1.15. The highest BCUT2D eigenvalue weighted by Crippen LogP contribution is 2.24. The van der Waals surface area contributed by atoms with Gasteiger partial charge in [-0.25, -0.2) is 0 Å². The van der Waals surface area contributed by atoms with Crippen molar-refractivity contribution in [3.63, 3.8) is 0 Å². The van der Waals surface area contributed by atoms with E-state index in [1.54, 1.807) is 0 Å². The SMILES string of the molecule is CCC(c1ccc(Br)cc1)N(C)CCN1CCNCC1. The first-order valence-corrected chi connectivity index (χ1v) is 8.38. The molecule has 1 aliphatic heterocycles. The fraction of sp³-hybridized carbons (Fsp3) is 0.625. The van der Waals surface area contributed by atoms with Crippen LogP contribution in [0.15, 0.2) is 28.7 Å². The maximum atomic E-state index is 3.51. The number of hydrogen-bond acceptors (Lipinski definition) is 3. The number of piperazine rings is 1. The number of nitrogens with zero attached hydrogens (tertiary/aromatic N) is 2. The highest BCUT2D eigenvalue weighted by atomic mass is 79.9. The van der Waals surface area contributed by atoms with Crippen LogP contribution in [0.4, 0.5) is 0 Å². The van der Waals surface area contributed by atoms with Crippen molar-refractivity contribution in [3.05, 3.63) is 34.3 Å². The minimum absolute atomic E-state index is 0.519. The van der Waals surface area contributed by atoms with Gasteiger partial charge in [-0.15, -0.1) is 0 Å². The van der Waals surface area contributed by atoms with Crippen molar-refractivity contribution in [1.29, 1.82) is 0 Å². The summed E-state index contributed by atoms with van der Waals surface area (Å²) in [4.78, 5) is 5.05. The zero-order valence-electron chi connectivity index (χ0n) is 12.6. The van der Waals surface area contributed by atoms with E-state index in [1.165, 1.54) is 25.2 Å². The standard InChI is InChI=1S/C16H26BrN3/c1-3-16(14-4-6-15(17)7-5-14)19(2)12-13-20-10-8-18-9-11-20/h4-7,16,18H,3,8-13H2,1-2H3. The third-order valence-corrected chi connectivity index (χ3v) is 4.68. The normalized spacial score (nSPS) is 18.4. The van der Waals surface area contributed by atoms with Crippen LogP contribution in [-0.4, -0.2) is 56.1 Å². The molecule has 1 aromatic rings. The number of halogens is 1. The van der Waals surface area contributed by atoms with E-state index in [0.717, 1.165) is 30.5 Å². The Bertz CT molecular complexity index is 387. The molecule has 0 radical (unpaired) electrons. The summed E-state index contributed by atoms with van der Waals surface area (Å²) in [5.41, 5.74) is 1.42. The van der Waals surface area contributed by atoms with Crippen LogP contribution >= 0.6 is 15.9 Å². The van der Waals surface area contributed by atoms with Crippen LogP contribution in [-0.2, 0) is 0 Å². The maximum Gasteiger partial charge on any atom is 0.0343 e. The Hall–Kier alpha value is -0.420. The van der Waals surface area contributed by atoms with Crippen LogP contribution in [0.1, 0.15) is 24.9 Å². The molecule has 0 amide bonds. The number of rotatable bonds is 6. The number of hydrogen-bond donors (Lipinski definition) is 1. The molecule has 3 nitrogen and oxygen atoms in total. The second-order valence-electron chi connectivity index (χ2n) is 5.55. The first kappa shape index (κ1) is 16.0. The van der Waals surface area contributed by atoms with Gasteiger partial charge in [-0.1, -0.05) is 35.0 Å². The first-order chi connectivity index (χ1) is 9.70. The molecule has 1 fully saturated rings. The third kappa shape index (κ3) is 4.55. The van der Waals surface area contributed by atoms with E-state index in [-0.39, 0.29) is 0 Å². The van der Waals surface area contributed by atoms with Gasteiger partial charge in [-0.2, -0.15) is 0 Å². The van der Waals surface area contributed by atoms with Crippen LogP contribution in [0.2, 0.25) is 0 Å². The highest BCUT2D eigenvalue weighted by Gasteiger charge is 2.16. The molecule has 1 aromatic carbocycles. The molecule has 1 aliphatic rings. The molecule has 0 saturated carbocycles. The molecule has 0 aromatic heterocycles. The summed E-state index contributed by atoms with van der Waals surface area (Å²) in [7, 11) is 2.25. The lowest BCUT2D eigenvalue weighted by Gasteiger charge is -2.32. The Kier molecular flexibility index (Phi) is 6.49. The summed E-state index contributed by atoms with van der Waals surface area (Å²) >= 11 is 3.51. The Morgan fingerprint density at radius 2 is 1.90 bits per heavy atom. The molecule has 0 aliphatic carbocycles. The second kappa shape index (κ2) is 8.13. The Morgan fingerprint density at radius 3 is 2.50 bits per heavy atom. The second-order valence-corrected chi connectivity index (χ2v) is 6.46. The molecule has 1 unspecified atom stereocenters. The number of nitrogens with one attached hydrogen (secondary N) is 1. The molecule has 112 valence electrons. The monoisotopic (exact) mass is 339 g/mol. The molecular formula is C16H26BrN3. The quantitative estimate of drug-likeness (QED) is 0.859. The summed E-state index contributed by atoms with van der Waals surface area (Å²) in [5, 5.41) is 3.41. The van der Waals surface area contributed by atoms with Crippen LogP contribution in [0.3, 0.4) is 0 Å². The van der Waals surface area contributed by atoms with Crippen LogP contribution < -0.4 is 5.32 Å². The van der Waals surface area contributed by atoms with Gasteiger partial charge in [-0.3, -0.25) is 9.80 Å². The highest BCUT2D eigenvalue weighted by molar-refractivity contribution is 9.10. The van der Waals surface area contributed by atoms with Crippen molar-refractivity contribution in [2.75, 3.05) is 46.3 Å². The van der Waals surface area contributed by atoms with Gasteiger partial charge in [0.05, 0.1) is 0 Å². The molecule has 1 heterocycles. The zero-order chi connectivity index (χ0) is 14.4. The Labute approximate surface area is 131 Å². The van der Waals surface area contributed by atoms with Gasteiger partial charge in [0.1, 0.15) is 0 Å². The van der Waals surface area contributed by atoms with Gasteiger partial charge in [0, 0.05) is 49.8 Å². The van der Waals surface area contributed by atoms with E-state index in [1.807, 2.05) is 0 Å². The Balaban J connectivity index is 1.87. The zero-order valence-corrected chi connectivity index (χ0v) is 14.2. The van der Waals surface area contributed by atoms with Gasteiger partial charge in [-0.05, 0) is 31.2 Å². The molecule has 1 atom stereocenters. The van der Waals surface area contributed by atoms with Gasteiger partial charge in [0.15, 0.2) is 0 Å². The largest absolute Gasteiger partial charge is 0.314 e. The molecule has 0 bridgehead atoms. The first-order valence-electron chi connectivity index (χ1n) is 7.59. The lowest BCUT2D eigenvalue weighted by molar-refractivity contribution is 0.174. The van der Waals surface area contributed by atoms with Gasteiger partial charge >= 0.3 is 0 Å². The van der Waals surface area contributed by atoms with Gasteiger partial charge < -0.3 is 5.32 Å². The van der Waals surface area contributed by atoms with Gasteiger partial charge in [0.2, 0.25) is 0 Å². The minimum Gasteiger partial charge on any atom is -0.314 e. The van der Waals surface area contributed by atoms with Crippen LogP contribution in [0.5, 0.6) is 0 Å². The number of likely N-dealkylation sites (N-methyl/N-ethyl adjacent to an activating group) is 1. The van der Waals surface area contributed by atoms with Crippen LogP contribution in [0.25, 0.3) is 0 Å². The van der Waals surface area contributed by atoms with Gasteiger partial charge in [0.25, 0.3) is 0 Å². The minimum atomic E-state index is 0.519. The molecule has 20 heavy (non-hydrogen) atoms. The summed E-state index contributed by atoms with van der Waals surface area (Å²) in [6.07, 6.45) is 1.15.